The molecular weight excluding hydrogens is 350 g/mol. The van der Waals surface area contributed by atoms with Gasteiger partial charge < -0.3 is 0 Å². The van der Waals surface area contributed by atoms with Crippen LogP contribution in [0.15, 0.2) is 30.3 Å². The van der Waals surface area contributed by atoms with Crippen LogP contribution in [-0.4, -0.2) is 24.9 Å². The van der Waals surface area contributed by atoms with Crippen LogP contribution in [0.25, 0.3) is 5.03 Å². The number of halogens is 5. The summed E-state index contributed by atoms with van der Waals surface area (Å²) in [6.45, 7) is 0. The first kappa shape index (κ1) is 20.8. The summed E-state index contributed by atoms with van der Waals surface area (Å²) < 4.78 is 72.7. The Hall–Kier alpha value is -1.16. The Balaban J connectivity index is 0.000000763. The second kappa shape index (κ2) is 8.47. The minimum Gasteiger partial charge on any atom is -0.241 e. The molecule has 0 aliphatic heterocycles. The van der Waals surface area contributed by atoms with E-state index in [1.54, 1.807) is 16.9 Å². The van der Waals surface area contributed by atoms with E-state index in [0.717, 1.165) is 12.1 Å². The van der Waals surface area contributed by atoms with Crippen LogP contribution < -0.4 is 18.6 Å². The molecule has 0 saturated heterocycles. The second-order valence-electron chi connectivity index (χ2n) is 4.08. The second-order valence-corrected chi connectivity index (χ2v) is 5.24. The van der Waals surface area contributed by atoms with Crippen molar-refractivity contribution in [1.29, 1.82) is 0 Å². The van der Waals surface area contributed by atoms with Crippen molar-refractivity contribution in [3.8, 4) is 0 Å². The molecule has 0 saturated carbocycles. The molecule has 0 bridgehead atoms. The van der Waals surface area contributed by atoms with Gasteiger partial charge in [0, 0.05) is 6.08 Å². The first-order valence-electron chi connectivity index (χ1n) is 5.47. The lowest BCUT2D eigenvalue weighted by Gasteiger charge is -2.17. The zero-order valence-corrected chi connectivity index (χ0v) is 12.9. The molecule has 1 aromatic carbocycles. The highest BCUT2D eigenvalue weighted by molar-refractivity contribution is 6.49. The predicted octanol–water partition coefficient (Wildman–Crippen LogP) is -1.13. The first-order chi connectivity index (χ1) is 9.80. The Bertz CT molecular complexity index is 527. The van der Waals surface area contributed by atoms with E-state index in [4.69, 9.17) is 30.2 Å². The van der Waals surface area contributed by atoms with Crippen molar-refractivity contribution in [3.05, 3.63) is 41.5 Å². The van der Waals surface area contributed by atoms with Crippen LogP contribution >= 0.6 is 11.6 Å². The molecule has 124 valence electrons. The predicted molar refractivity (Wildman–Crippen MR) is 63.4 cm³/mol. The SMILES string of the molecule is C[N+](C)=C/C=C(\Cl)c1ccc(C(F)(F)F)cc1.[O-][Cl+3]([O-])([O-])[O-]. The average Bonchev–Trinajstić information content (AvgIpc) is 2.33. The van der Waals surface area contributed by atoms with Gasteiger partial charge in [-0.05, 0) is 17.7 Å². The fraction of sp³-hybridized carbons (Fsp3) is 0.250. The maximum atomic E-state index is 12.3. The quantitative estimate of drug-likeness (QED) is 0.492. The highest BCUT2D eigenvalue weighted by Gasteiger charge is 2.29. The van der Waals surface area contributed by atoms with Crippen molar-refractivity contribution < 1.29 is 46.6 Å². The summed E-state index contributed by atoms with van der Waals surface area (Å²) >= 11 is 5.94. The molecule has 5 nitrogen and oxygen atoms in total. The molecule has 1 aromatic rings. The number of hydrogen-bond acceptors (Lipinski definition) is 4. The summed E-state index contributed by atoms with van der Waals surface area (Å²) in [5, 5.41) is 0.396. The van der Waals surface area contributed by atoms with Crippen LogP contribution in [0.3, 0.4) is 0 Å². The molecule has 0 unspecified atom stereocenters. The highest BCUT2D eigenvalue weighted by atomic mass is 35.7. The van der Waals surface area contributed by atoms with Gasteiger partial charge >= 0.3 is 6.18 Å². The number of rotatable bonds is 2. The molecule has 0 N–H and O–H groups in total. The molecule has 0 radical (unpaired) electrons. The number of allylic oxidation sites excluding steroid dienone is 1. The molecule has 0 aromatic heterocycles. The zero-order chi connectivity index (χ0) is 17.6. The normalized spacial score (nSPS) is 12.4. The fourth-order valence-electron chi connectivity index (χ4n) is 1.13. The molecule has 0 aliphatic carbocycles. The van der Waals surface area contributed by atoms with Gasteiger partial charge in [-0.1, -0.05) is 23.7 Å². The molecule has 22 heavy (non-hydrogen) atoms. The van der Waals surface area contributed by atoms with Crippen molar-refractivity contribution in [2.75, 3.05) is 14.1 Å². The Morgan fingerprint density at radius 1 is 1.09 bits per heavy atom. The molecule has 0 heterocycles. The third kappa shape index (κ3) is 10.6. The maximum Gasteiger partial charge on any atom is 0.416 e. The number of alkyl halides is 3. The topological polar surface area (TPSA) is 95.2 Å². The summed E-state index contributed by atoms with van der Waals surface area (Å²) in [6.07, 6.45) is -0.964. The van der Waals surface area contributed by atoms with Crippen molar-refractivity contribution in [2.24, 2.45) is 0 Å². The highest BCUT2D eigenvalue weighted by Crippen LogP contribution is 2.30. The lowest BCUT2D eigenvalue weighted by atomic mass is 10.1. The Morgan fingerprint density at radius 2 is 1.50 bits per heavy atom. The minimum absolute atomic E-state index is 0.396. The summed E-state index contributed by atoms with van der Waals surface area (Å²) in [7, 11) is -1.29. The van der Waals surface area contributed by atoms with Gasteiger partial charge in [-0.2, -0.15) is 13.2 Å². The summed E-state index contributed by atoms with van der Waals surface area (Å²) in [4.78, 5) is 0. The van der Waals surface area contributed by atoms with E-state index < -0.39 is 22.0 Å². The van der Waals surface area contributed by atoms with Crippen LogP contribution in [0.5, 0.6) is 0 Å². The third-order valence-electron chi connectivity index (χ3n) is 2.01. The first-order valence-corrected chi connectivity index (χ1v) is 7.08. The third-order valence-corrected chi connectivity index (χ3v) is 2.35. The fourth-order valence-corrected chi connectivity index (χ4v) is 1.31. The molecule has 10 heteroatoms. The molecule has 0 atom stereocenters. The molecule has 0 aliphatic rings. The Morgan fingerprint density at radius 3 is 1.82 bits per heavy atom. The van der Waals surface area contributed by atoms with Gasteiger partial charge in [0.25, 0.3) is 0 Å². The molecule has 0 fully saturated rings. The number of benzene rings is 1. The molecule has 0 amide bonds. The Kier molecular flexibility index (Phi) is 8.02. The van der Waals surface area contributed by atoms with Crippen LogP contribution in [0.1, 0.15) is 11.1 Å². The Labute approximate surface area is 131 Å². The maximum absolute atomic E-state index is 12.3. The van der Waals surface area contributed by atoms with Crippen molar-refractivity contribution >= 4 is 22.8 Å². The van der Waals surface area contributed by atoms with E-state index in [1.165, 1.54) is 12.1 Å². The molecular formula is C12H12Cl2F3NO4. The van der Waals surface area contributed by atoms with Crippen molar-refractivity contribution in [3.63, 3.8) is 0 Å². The van der Waals surface area contributed by atoms with Gasteiger partial charge in [-0.15, -0.1) is 10.2 Å². The van der Waals surface area contributed by atoms with E-state index in [0.29, 0.717) is 10.6 Å². The van der Waals surface area contributed by atoms with Gasteiger partial charge in [0.2, 0.25) is 0 Å². The monoisotopic (exact) mass is 361 g/mol. The van der Waals surface area contributed by atoms with Gasteiger partial charge in [-0.25, -0.2) is 23.2 Å². The molecule has 1 rings (SSSR count). The van der Waals surface area contributed by atoms with Gasteiger partial charge in [0.05, 0.1) is 10.6 Å². The van der Waals surface area contributed by atoms with Gasteiger partial charge in [-0.3, -0.25) is 0 Å². The average molecular weight is 362 g/mol. The standard InChI is InChI=1S/C12H12ClF3N.ClHO4/c1-17(2)8-7-11(13)9-3-5-10(6-4-9)12(14,15)16;2-1(3,4)5/h3-8H,1-2H3;(H,2,3,4,5)/q+1;/p-1/b11-7-;. The lowest BCUT2D eigenvalue weighted by Crippen LogP contribution is -2.68. The van der Waals surface area contributed by atoms with Crippen LogP contribution in [0.4, 0.5) is 13.2 Å². The van der Waals surface area contributed by atoms with E-state index >= 15 is 0 Å². The summed E-state index contributed by atoms with van der Waals surface area (Å²) in [5.41, 5.74) is -0.125. The largest absolute Gasteiger partial charge is 0.416 e. The zero-order valence-electron chi connectivity index (χ0n) is 11.4. The van der Waals surface area contributed by atoms with Crippen LogP contribution in [0.2, 0.25) is 0 Å². The number of hydrogen-bond donors (Lipinski definition) is 0. The van der Waals surface area contributed by atoms with E-state index in [-0.39, 0.29) is 0 Å². The van der Waals surface area contributed by atoms with Gasteiger partial charge in [0.1, 0.15) is 14.1 Å². The molecule has 0 spiro atoms. The number of nitrogens with zero attached hydrogens (tertiary/aromatic N) is 1. The van der Waals surface area contributed by atoms with E-state index in [9.17, 15) is 13.2 Å². The van der Waals surface area contributed by atoms with Crippen molar-refractivity contribution in [2.45, 2.75) is 6.18 Å². The van der Waals surface area contributed by atoms with E-state index in [1.807, 2.05) is 14.1 Å². The lowest BCUT2D eigenvalue weighted by molar-refractivity contribution is -2.00. The summed E-state index contributed by atoms with van der Waals surface area (Å²) in [6, 6.07) is 4.73. The van der Waals surface area contributed by atoms with Crippen molar-refractivity contribution in [1.82, 2.24) is 0 Å². The minimum atomic E-state index is -4.94. The van der Waals surface area contributed by atoms with Crippen LogP contribution in [-0.2, 0) is 6.18 Å². The van der Waals surface area contributed by atoms with Gasteiger partial charge in [0.15, 0.2) is 6.21 Å². The summed E-state index contributed by atoms with van der Waals surface area (Å²) in [5.74, 6) is 0. The van der Waals surface area contributed by atoms with E-state index in [2.05, 4.69) is 0 Å². The van der Waals surface area contributed by atoms with Crippen LogP contribution in [0, 0.1) is 10.2 Å². The smallest absolute Gasteiger partial charge is 0.241 e.